The lowest BCUT2D eigenvalue weighted by atomic mass is 9.53. The van der Waals surface area contributed by atoms with Crippen molar-refractivity contribution < 1.29 is 5.11 Å². The van der Waals surface area contributed by atoms with Crippen LogP contribution in [-0.4, -0.2) is 10.7 Å². The van der Waals surface area contributed by atoms with E-state index in [-0.39, 0.29) is 5.41 Å². The van der Waals surface area contributed by atoms with E-state index in [0.717, 1.165) is 25.7 Å². The molecule has 1 nitrogen and oxygen atoms in total. The summed E-state index contributed by atoms with van der Waals surface area (Å²) in [6, 6.07) is 6.89. The van der Waals surface area contributed by atoms with Gasteiger partial charge in [-0.15, -0.1) is 0 Å². The zero-order valence-electron chi connectivity index (χ0n) is 11.8. The van der Waals surface area contributed by atoms with E-state index in [1.807, 2.05) is 0 Å². The van der Waals surface area contributed by atoms with Crippen molar-refractivity contribution >= 4 is 0 Å². The second kappa shape index (κ2) is 3.84. The third kappa shape index (κ3) is 1.64. The fraction of sp³-hybridized carbons (Fsp3) is 0.647. The Hall–Kier alpha value is -0.820. The van der Waals surface area contributed by atoms with Gasteiger partial charge in [-0.05, 0) is 68.4 Å². The van der Waals surface area contributed by atoms with E-state index in [4.69, 9.17) is 0 Å². The molecule has 1 heteroatoms. The SMILES string of the molecule is Cc1ccc2c(c1)[C@@]1(C)CCC[C@@](C)(O)[C@@H]1CC2. The quantitative estimate of drug-likeness (QED) is 0.737. The highest BCUT2D eigenvalue weighted by molar-refractivity contribution is 5.41. The smallest absolute Gasteiger partial charge is 0.0656 e. The summed E-state index contributed by atoms with van der Waals surface area (Å²) < 4.78 is 0. The second-order valence-electron chi connectivity index (χ2n) is 6.88. The molecule has 2 aliphatic carbocycles. The number of fused-ring (bicyclic) bond motifs is 3. The maximum atomic E-state index is 10.7. The second-order valence-corrected chi connectivity index (χ2v) is 6.88. The van der Waals surface area contributed by atoms with E-state index in [1.165, 1.54) is 23.1 Å². The van der Waals surface area contributed by atoms with Crippen LogP contribution in [0.2, 0.25) is 0 Å². The fourth-order valence-corrected chi connectivity index (χ4v) is 4.54. The lowest BCUT2D eigenvalue weighted by molar-refractivity contribution is -0.0748. The normalized spacial score (nSPS) is 39.0. The van der Waals surface area contributed by atoms with Gasteiger partial charge in [-0.25, -0.2) is 0 Å². The summed E-state index contributed by atoms with van der Waals surface area (Å²) in [6.07, 6.45) is 5.61. The Morgan fingerprint density at radius 2 is 2.00 bits per heavy atom. The van der Waals surface area contributed by atoms with Gasteiger partial charge >= 0.3 is 0 Å². The van der Waals surface area contributed by atoms with Crippen LogP contribution >= 0.6 is 0 Å². The molecule has 0 amide bonds. The summed E-state index contributed by atoms with van der Waals surface area (Å²) in [7, 11) is 0. The summed E-state index contributed by atoms with van der Waals surface area (Å²) in [5.74, 6) is 0.424. The topological polar surface area (TPSA) is 20.2 Å². The number of rotatable bonds is 0. The summed E-state index contributed by atoms with van der Waals surface area (Å²) >= 11 is 0. The highest BCUT2D eigenvalue weighted by Gasteiger charge is 2.50. The largest absolute Gasteiger partial charge is 0.390 e. The first kappa shape index (κ1) is 12.2. The molecule has 0 aromatic heterocycles. The van der Waals surface area contributed by atoms with E-state index in [1.54, 1.807) is 0 Å². The molecule has 0 saturated heterocycles. The van der Waals surface area contributed by atoms with Crippen molar-refractivity contribution in [2.75, 3.05) is 0 Å². The highest BCUT2D eigenvalue weighted by Crippen LogP contribution is 2.53. The lowest BCUT2D eigenvalue weighted by Crippen LogP contribution is -2.52. The van der Waals surface area contributed by atoms with Crippen LogP contribution in [0.5, 0.6) is 0 Å². The van der Waals surface area contributed by atoms with Gasteiger partial charge < -0.3 is 5.11 Å². The number of benzene rings is 1. The van der Waals surface area contributed by atoms with E-state index in [0.29, 0.717) is 5.92 Å². The monoisotopic (exact) mass is 244 g/mol. The molecule has 18 heavy (non-hydrogen) atoms. The Labute approximate surface area is 110 Å². The van der Waals surface area contributed by atoms with Crippen molar-refractivity contribution in [3.05, 3.63) is 34.9 Å². The van der Waals surface area contributed by atoms with Crippen molar-refractivity contribution in [2.45, 2.75) is 63.9 Å². The first-order valence-corrected chi connectivity index (χ1v) is 7.26. The summed E-state index contributed by atoms with van der Waals surface area (Å²) in [5.41, 5.74) is 4.08. The molecule has 0 heterocycles. The van der Waals surface area contributed by atoms with Crippen LogP contribution in [0.3, 0.4) is 0 Å². The lowest BCUT2D eigenvalue weighted by Gasteiger charge is -2.53. The van der Waals surface area contributed by atoms with Crippen molar-refractivity contribution in [1.29, 1.82) is 0 Å². The summed E-state index contributed by atoms with van der Waals surface area (Å²) in [5, 5.41) is 10.7. The molecule has 1 fully saturated rings. The van der Waals surface area contributed by atoms with Gasteiger partial charge in [0.05, 0.1) is 5.60 Å². The van der Waals surface area contributed by atoms with Crippen LogP contribution in [0.15, 0.2) is 18.2 Å². The number of hydrogen-bond donors (Lipinski definition) is 1. The van der Waals surface area contributed by atoms with Crippen molar-refractivity contribution in [1.82, 2.24) is 0 Å². The van der Waals surface area contributed by atoms with Gasteiger partial charge in [0, 0.05) is 0 Å². The maximum Gasteiger partial charge on any atom is 0.0656 e. The predicted molar refractivity (Wildman–Crippen MR) is 74.8 cm³/mol. The Morgan fingerprint density at radius 3 is 2.78 bits per heavy atom. The van der Waals surface area contributed by atoms with Crippen LogP contribution in [0, 0.1) is 12.8 Å². The molecule has 2 aliphatic rings. The minimum absolute atomic E-state index is 0.182. The zero-order chi connectivity index (χ0) is 13.0. The molecule has 1 aromatic carbocycles. The Balaban J connectivity index is 2.13. The van der Waals surface area contributed by atoms with Crippen LogP contribution in [0.4, 0.5) is 0 Å². The summed E-state index contributed by atoms with van der Waals surface area (Å²) in [4.78, 5) is 0. The third-order valence-electron chi connectivity index (χ3n) is 5.48. The molecule has 1 saturated carbocycles. The van der Waals surface area contributed by atoms with Crippen molar-refractivity contribution in [2.24, 2.45) is 5.92 Å². The molecule has 3 atom stereocenters. The highest BCUT2D eigenvalue weighted by atomic mass is 16.3. The van der Waals surface area contributed by atoms with Crippen LogP contribution in [0.25, 0.3) is 0 Å². The fourth-order valence-electron chi connectivity index (χ4n) is 4.54. The van der Waals surface area contributed by atoms with E-state index in [9.17, 15) is 5.11 Å². The molecule has 0 unspecified atom stereocenters. The average molecular weight is 244 g/mol. The molecular weight excluding hydrogens is 220 g/mol. The van der Waals surface area contributed by atoms with Crippen LogP contribution in [-0.2, 0) is 11.8 Å². The minimum Gasteiger partial charge on any atom is -0.390 e. The first-order valence-electron chi connectivity index (χ1n) is 7.26. The third-order valence-corrected chi connectivity index (χ3v) is 5.48. The van der Waals surface area contributed by atoms with Crippen molar-refractivity contribution in [3.63, 3.8) is 0 Å². The van der Waals surface area contributed by atoms with E-state index in [2.05, 4.69) is 39.0 Å². The average Bonchev–Trinajstić information content (AvgIpc) is 2.29. The van der Waals surface area contributed by atoms with Gasteiger partial charge in [0.25, 0.3) is 0 Å². The van der Waals surface area contributed by atoms with Crippen molar-refractivity contribution in [3.8, 4) is 0 Å². The molecule has 3 rings (SSSR count). The van der Waals surface area contributed by atoms with Gasteiger partial charge in [-0.2, -0.15) is 0 Å². The molecule has 1 N–H and O–H groups in total. The van der Waals surface area contributed by atoms with Gasteiger partial charge in [0.1, 0.15) is 0 Å². The molecule has 98 valence electrons. The standard InChI is InChI=1S/C17H24O/c1-12-5-6-13-7-8-15-16(2,14(13)11-12)9-4-10-17(15,3)18/h5-6,11,15,18H,4,7-10H2,1-3H3/t15-,16-,17-/m1/s1. The molecule has 0 spiro atoms. The Kier molecular flexibility index (Phi) is 2.60. The molecule has 0 bridgehead atoms. The van der Waals surface area contributed by atoms with Gasteiger partial charge in [0.15, 0.2) is 0 Å². The maximum absolute atomic E-state index is 10.7. The minimum atomic E-state index is -0.478. The summed E-state index contributed by atoms with van der Waals surface area (Å²) in [6.45, 7) is 6.60. The van der Waals surface area contributed by atoms with Gasteiger partial charge in [-0.1, -0.05) is 30.7 Å². The Morgan fingerprint density at radius 1 is 1.22 bits per heavy atom. The number of aryl methyl sites for hydroxylation is 2. The Bertz CT molecular complexity index is 474. The molecule has 1 aromatic rings. The van der Waals surface area contributed by atoms with E-state index >= 15 is 0 Å². The number of aliphatic hydroxyl groups is 1. The zero-order valence-corrected chi connectivity index (χ0v) is 11.8. The van der Waals surface area contributed by atoms with Gasteiger partial charge in [0.2, 0.25) is 0 Å². The van der Waals surface area contributed by atoms with E-state index < -0.39 is 5.60 Å². The molecule has 0 aliphatic heterocycles. The number of hydrogen-bond acceptors (Lipinski definition) is 1. The van der Waals surface area contributed by atoms with Gasteiger partial charge in [-0.3, -0.25) is 0 Å². The molecular formula is C17H24O. The predicted octanol–water partition coefficient (Wildman–Crippen LogP) is 3.75. The van der Waals surface area contributed by atoms with Crippen LogP contribution in [0.1, 0.15) is 56.2 Å². The van der Waals surface area contributed by atoms with Crippen LogP contribution < -0.4 is 0 Å². The molecule has 0 radical (unpaired) electrons. The first-order chi connectivity index (χ1) is 8.43.